The summed E-state index contributed by atoms with van der Waals surface area (Å²) in [5.41, 5.74) is 0.366. The molecule has 1 atom stereocenters. The van der Waals surface area contributed by atoms with Crippen molar-refractivity contribution >= 4 is 17.5 Å². The van der Waals surface area contributed by atoms with E-state index in [2.05, 4.69) is 5.32 Å². The molecule has 0 aromatic heterocycles. The number of hydrogen-bond acceptors (Lipinski definition) is 3. The molecule has 0 saturated carbocycles. The predicted octanol–water partition coefficient (Wildman–Crippen LogP) is 1.40. The van der Waals surface area contributed by atoms with Crippen molar-refractivity contribution in [2.75, 3.05) is 25.0 Å². The lowest BCUT2D eigenvalue weighted by Crippen LogP contribution is -2.48. The number of hydrogen-bond donors (Lipinski definition) is 1. The van der Waals surface area contributed by atoms with Crippen molar-refractivity contribution in [1.29, 1.82) is 0 Å². The van der Waals surface area contributed by atoms with Gasteiger partial charge in [-0.25, -0.2) is 4.39 Å². The molecule has 0 spiro atoms. The molecule has 2 amide bonds. The van der Waals surface area contributed by atoms with Gasteiger partial charge in [0.15, 0.2) is 0 Å². The first-order valence-corrected chi connectivity index (χ1v) is 6.56. The van der Waals surface area contributed by atoms with Crippen LogP contribution in [0.4, 0.5) is 10.1 Å². The number of ether oxygens (including phenoxy) is 1. The first-order chi connectivity index (χ1) is 9.60. The lowest BCUT2D eigenvalue weighted by Gasteiger charge is -2.31. The molecule has 1 unspecified atom stereocenters. The summed E-state index contributed by atoms with van der Waals surface area (Å²) in [6.07, 6.45) is -0.816. The van der Waals surface area contributed by atoms with Gasteiger partial charge in [0.05, 0.1) is 13.0 Å². The van der Waals surface area contributed by atoms with Gasteiger partial charge in [0.25, 0.3) is 5.91 Å². The molecule has 108 valence electrons. The highest BCUT2D eigenvalue weighted by molar-refractivity contribution is 5.95. The molecule has 2 rings (SSSR count). The van der Waals surface area contributed by atoms with Crippen LogP contribution in [0.3, 0.4) is 0 Å². The van der Waals surface area contributed by atoms with Gasteiger partial charge in [-0.2, -0.15) is 0 Å². The number of nitrogens with one attached hydrogen (secondary N) is 1. The molecule has 5 nitrogen and oxygen atoms in total. The summed E-state index contributed by atoms with van der Waals surface area (Å²) in [7, 11) is 0. The smallest absolute Gasteiger partial charge is 0.252 e. The molecule has 1 N–H and O–H groups in total. The van der Waals surface area contributed by atoms with Gasteiger partial charge in [0.2, 0.25) is 5.91 Å². The van der Waals surface area contributed by atoms with Crippen molar-refractivity contribution in [3.63, 3.8) is 0 Å². The number of carbonyl (C=O) groups excluding carboxylic acids is 2. The lowest BCUT2D eigenvalue weighted by molar-refractivity contribution is -0.154. The second kappa shape index (κ2) is 6.47. The van der Waals surface area contributed by atoms with E-state index in [1.807, 2.05) is 6.92 Å². The second-order valence-electron chi connectivity index (χ2n) is 4.54. The van der Waals surface area contributed by atoms with Crippen LogP contribution in [0.2, 0.25) is 0 Å². The van der Waals surface area contributed by atoms with Crippen molar-refractivity contribution < 1.29 is 18.7 Å². The van der Waals surface area contributed by atoms with Gasteiger partial charge in [-0.15, -0.1) is 0 Å². The van der Waals surface area contributed by atoms with E-state index in [0.717, 1.165) is 0 Å². The van der Waals surface area contributed by atoms with Crippen molar-refractivity contribution in [3.8, 4) is 0 Å². The zero-order valence-corrected chi connectivity index (χ0v) is 11.3. The van der Waals surface area contributed by atoms with Crippen molar-refractivity contribution in [2.24, 2.45) is 0 Å². The Morgan fingerprint density at radius 1 is 1.55 bits per heavy atom. The van der Waals surface area contributed by atoms with Gasteiger partial charge in [-0.1, -0.05) is 6.07 Å². The molecular formula is C14H17FN2O3. The minimum absolute atomic E-state index is 0.0636. The molecule has 1 fully saturated rings. The highest BCUT2D eigenvalue weighted by Gasteiger charge is 2.30. The monoisotopic (exact) mass is 280 g/mol. The first kappa shape index (κ1) is 14.5. The van der Waals surface area contributed by atoms with E-state index in [4.69, 9.17) is 4.74 Å². The molecule has 0 bridgehead atoms. The van der Waals surface area contributed by atoms with Crippen LogP contribution < -0.4 is 5.32 Å². The van der Waals surface area contributed by atoms with Crippen molar-refractivity contribution in [1.82, 2.24) is 4.90 Å². The van der Waals surface area contributed by atoms with E-state index in [1.54, 1.807) is 11.0 Å². The van der Waals surface area contributed by atoms with E-state index in [1.165, 1.54) is 18.2 Å². The van der Waals surface area contributed by atoms with Crippen LogP contribution in [-0.2, 0) is 14.3 Å². The van der Waals surface area contributed by atoms with Crippen LogP contribution in [0.15, 0.2) is 24.3 Å². The highest BCUT2D eigenvalue weighted by Crippen LogP contribution is 2.13. The molecule has 6 heteroatoms. The Kier molecular flexibility index (Phi) is 4.68. The zero-order chi connectivity index (χ0) is 14.5. The Bertz CT molecular complexity index is 507. The highest BCUT2D eigenvalue weighted by atomic mass is 19.1. The molecule has 0 radical (unpaired) electrons. The third-order valence-corrected chi connectivity index (χ3v) is 3.13. The molecular weight excluding hydrogens is 263 g/mol. The summed E-state index contributed by atoms with van der Waals surface area (Å²) in [6.45, 7) is 3.46. The van der Waals surface area contributed by atoms with Gasteiger partial charge in [0, 0.05) is 18.8 Å². The van der Waals surface area contributed by atoms with Gasteiger partial charge in [0.1, 0.15) is 11.9 Å². The summed E-state index contributed by atoms with van der Waals surface area (Å²) < 4.78 is 18.3. The average molecular weight is 280 g/mol. The van der Waals surface area contributed by atoms with E-state index in [9.17, 15) is 14.0 Å². The van der Waals surface area contributed by atoms with E-state index in [0.29, 0.717) is 25.4 Å². The second-order valence-corrected chi connectivity index (χ2v) is 4.54. The Hall–Kier alpha value is -1.95. The SMILES string of the molecule is CCN1CCOC(CC(=O)Nc2cccc(F)c2)C1=O. The standard InChI is InChI=1S/C14H17FN2O3/c1-2-17-6-7-20-12(14(17)19)9-13(18)16-11-5-3-4-10(15)8-11/h3-5,8,12H,2,6-7,9H2,1H3,(H,16,18). The van der Waals surface area contributed by atoms with Crippen molar-refractivity contribution in [2.45, 2.75) is 19.4 Å². The summed E-state index contributed by atoms with van der Waals surface area (Å²) >= 11 is 0. The molecule has 1 aromatic rings. The number of amides is 2. The third kappa shape index (κ3) is 3.54. The molecule has 1 aliphatic heterocycles. The Balaban J connectivity index is 1.92. The van der Waals surface area contributed by atoms with Gasteiger partial charge < -0.3 is 15.0 Å². The van der Waals surface area contributed by atoms with Gasteiger partial charge >= 0.3 is 0 Å². The number of likely N-dealkylation sites (N-methyl/N-ethyl adjacent to an activating group) is 1. The maximum Gasteiger partial charge on any atom is 0.252 e. The quantitative estimate of drug-likeness (QED) is 0.907. The summed E-state index contributed by atoms with van der Waals surface area (Å²) in [4.78, 5) is 25.5. The van der Waals surface area contributed by atoms with Crippen molar-refractivity contribution in [3.05, 3.63) is 30.1 Å². The van der Waals surface area contributed by atoms with E-state index >= 15 is 0 Å². The number of benzene rings is 1. The topological polar surface area (TPSA) is 58.6 Å². The first-order valence-electron chi connectivity index (χ1n) is 6.56. The van der Waals surface area contributed by atoms with Crippen LogP contribution >= 0.6 is 0 Å². The number of anilines is 1. The van der Waals surface area contributed by atoms with Crippen LogP contribution in [-0.4, -0.2) is 42.5 Å². The Morgan fingerprint density at radius 3 is 3.05 bits per heavy atom. The fourth-order valence-corrected chi connectivity index (χ4v) is 2.10. The summed E-state index contributed by atoms with van der Waals surface area (Å²) in [5.74, 6) is -0.968. The number of rotatable bonds is 4. The van der Waals surface area contributed by atoms with Gasteiger partial charge in [-0.3, -0.25) is 9.59 Å². The molecule has 1 saturated heterocycles. The fourth-order valence-electron chi connectivity index (χ4n) is 2.10. The maximum absolute atomic E-state index is 13.0. The summed E-state index contributed by atoms with van der Waals surface area (Å²) in [6, 6.07) is 5.61. The van der Waals surface area contributed by atoms with Crippen LogP contribution in [0.1, 0.15) is 13.3 Å². The van der Waals surface area contributed by atoms with Gasteiger partial charge in [-0.05, 0) is 25.1 Å². The Labute approximate surface area is 116 Å². The minimum atomic E-state index is -0.753. The minimum Gasteiger partial charge on any atom is -0.366 e. The van der Waals surface area contributed by atoms with Crippen LogP contribution in [0, 0.1) is 5.82 Å². The molecule has 1 aliphatic rings. The van der Waals surface area contributed by atoms with Crippen LogP contribution in [0.25, 0.3) is 0 Å². The number of morpholine rings is 1. The zero-order valence-electron chi connectivity index (χ0n) is 11.3. The molecule has 0 aliphatic carbocycles. The molecule has 20 heavy (non-hydrogen) atoms. The predicted molar refractivity (Wildman–Crippen MR) is 71.6 cm³/mol. The normalized spacial score (nSPS) is 19.0. The fraction of sp³-hybridized carbons (Fsp3) is 0.429. The third-order valence-electron chi connectivity index (χ3n) is 3.13. The number of carbonyl (C=O) groups is 2. The number of nitrogens with zero attached hydrogens (tertiary/aromatic N) is 1. The van der Waals surface area contributed by atoms with E-state index < -0.39 is 11.9 Å². The van der Waals surface area contributed by atoms with Crippen LogP contribution in [0.5, 0.6) is 0 Å². The van der Waals surface area contributed by atoms with E-state index in [-0.39, 0.29) is 18.2 Å². The maximum atomic E-state index is 13.0. The summed E-state index contributed by atoms with van der Waals surface area (Å²) in [5, 5.41) is 2.55. The molecule has 1 aromatic carbocycles. The average Bonchev–Trinajstić information content (AvgIpc) is 2.41. The number of halogens is 1. The lowest BCUT2D eigenvalue weighted by atomic mass is 10.1. The Morgan fingerprint density at radius 2 is 2.35 bits per heavy atom. The molecule has 1 heterocycles. The largest absolute Gasteiger partial charge is 0.366 e.